The number of rotatable bonds is 9. The first-order valence-corrected chi connectivity index (χ1v) is 34.3. The molecule has 0 aliphatic heterocycles. The summed E-state index contributed by atoms with van der Waals surface area (Å²) in [7, 11) is -1.69. The van der Waals surface area contributed by atoms with Crippen molar-refractivity contribution < 1.29 is 8.39 Å². The van der Waals surface area contributed by atoms with Crippen LogP contribution in [0.15, 0.2) is 154 Å². The van der Waals surface area contributed by atoms with Crippen molar-refractivity contribution in [2.24, 2.45) is 0 Å². The van der Waals surface area contributed by atoms with Gasteiger partial charge in [0.25, 0.3) is 0 Å². The Bertz CT molecular complexity index is 3660. The maximum absolute atomic E-state index is 7.40. The van der Waals surface area contributed by atoms with E-state index in [1.54, 1.807) is 0 Å². The highest BCUT2D eigenvalue weighted by atomic mass is 31.1. The lowest BCUT2D eigenvalue weighted by molar-refractivity contribution is 0.515. The summed E-state index contributed by atoms with van der Waals surface area (Å²) in [6.45, 7) is 64.9. The van der Waals surface area contributed by atoms with E-state index in [1.807, 2.05) is 0 Å². The van der Waals surface area contributed by atoms with Crippen molar-refractivity contribution in [2.45, 2.75) is 261 Å². The van der Waals surface area contributed by atoms with E-state index in [0.29, 0.717) is 6.04 Å². The van der Waals surface area contributed by atoms with Crippen LogP contribution < -0.4 is 9.99 Å². The van der Waals surface area contributed by atoms with Gasteiger partial charge in [0.2, 0.25) is 0 Å². The van der Waals surface area contributed by atoms with E-state index in [-0.39, 0.29) is 61.4 Å². The number of hydrogen-bond donors (Lipinski definition) is 1. The predicted molar refractivity (Wildman–Crippen MR) is 392 cm³/mol. The highest BCUT2D eigenvalue weighted by Gasteiger charge is 2.36. The fraction of sp³-hybridized carbons (Fsp3) is 0.476. The molecule has 0 amide bonds. The summed E-state index contributed by atoms with van der Waals surface area (Å²) < 4.78 is 17.3. The Balaban J connectivity index is 0.000000265. The van der Waals surface area contributed by atoms with Crippen molar-refractivity contribution in [2.75, 3.05) is 4.67 Å². The van der Waals surface area contributed by atoms with E-state index < -0.39 is 8.16 Å². The van der Waals surface area contributed by atoms with Crippen molar-refractivity contribution in [3.05, 3.63) is 212 Å². The molecular weight excluding hydrogens is 1100 g/mol. The van der Waals surface area contributed by atoms with Gasteiger partial charge in [0, 0.05) is 22.9 Å². The van der Waals surface area contributed by atoms with Crippen LogP contribution in [0.3, 0.4) is 0 Å². The van der Waals surface area contributed by atoms with Crippen molar-refractivity contribution in [3.8, 4) is 0 Å². The first kappa shape index (κ1) is 69.0. The van der Waals surface area contributed by atoms with Gasteiger partial charge in [-0.05, 0) is 171 Å². The second kappa shape index (κ2) is 25.0. The Hall–Kier alpha value is -5.90. The molecule has 9 aromatic rings. The minimum atomic E-state index is -1.69. The molecule has 0 saturated heterocycles. The normalized spacial score (nSPS) is 13.5. The molecule has 0 aliphatic rings. The molecule has 4 nitrogen and oxygen atoms in total. The molecule has 0 unspecified atom stereocenters. The third-order valence-corrected chi connectivity index (χ3v) is 19.7. The summed E-state index contributed by atoms with van der Waals surface area (Å²) in [6.07, 6.45) is 0. The lowest BCUT2D eigenvalue weighted by Gasteiger charge is -2.36. The van der Waals surface area contributed by atoms with E-state index in [0.717, 1.165) is 32.7 Å². The predicted octanol–water partition coefficient (Wildman–Crippen LogP) is 24.9. The molecular formula is C84H113N2O2P. The smallest absolute Gasteiger partial charge is 0.310 e. The molecule has 0 saturated carbocycles. The fourth-order valence-corrected chi connectivity index (χ4v) is 13.7. The van der Waals surface area contributed by atoms with Crippen LogP contribution in [0, 0.1) is 0 Å². The topological polar surface area (TPSA) is 41.6 Å². The average molecular weight is 1210 g/mol. The molecule has 1 N–H and O–H groups in total. The van der Waals surface area contributed by atoms with Gasteiger partial charge in [0.15, 0.2) is 0 Å². The van der Waals surface area contributed by atoms with E-state index >= 15 is 0 Å². The maximum atomic E-state index is 7.40. The zero-order valence-corrected chi connectivity index (χ0v) is 61.3. The van der Waals surface area contributed by atoms with Gasteiger partial charge in [0.05, 0.1) is 12.1 Å². The van der Waals surface area contributed by atoms with Crippen LogP contribution in [0.5, 0.6) is 0 Å². The molecule has 0 atom stereocenters. The van der Waals surface area contributed by atoms with Gasteiger partial charge >= 0.3 is 8.16 Å². The summed E-state index contributed by atoms with van der Waals surface area (Å²) in [5.41, 5.74) is 18.1. The number of hydrogen-bond acceptors (Lipinski definition) is 4. The lowest BCUT2D eigenvalue weighted by Crippen LogP contribution is -2.34. The minimum absolute atomic E-state index is 0.0479. The summed E-state index contributed by atoms with van der Waals surface area (Å²) in [5.74, 6) is 0. The molecule has 8 aromatic carbocycles. The van der Waals surface area contributed by atoms with Crippen LogP contribution in [-0.4, -0.2) is 12.1 Å². The van der Waals surface area contributed by atoms with E-state index in [1.165, 1.54) is 77.5 Å². The molecule has 1 aromatic heterocycles. The van der Waals surface area contributed by atoms with Gasteiger partial charge in [-0.15, -0.1) is 0 Å². The molecule has 0 aliphatic carbocycles. The molecule has 1 heterocycles. The van der Waals surface area contributed by atoms with E-state index in [2.05, 4.69) is 349 Å². The molecule has 9 rings (SSSR count). The molecule has 476 valence electrons. The lowest BCUT2D eigenvalue weighted by atomic mass is 9.76. The number of benzene rings is 8. The van der Waals surface area contributed by atoms with Gasteiger partial charge in [-0.25, -0.2) is 0 Å². The Kier molecular flexibility index (Phi) is 19.3. The van der Waals surface area contributed by atoms with Crippen molar-refractivity contribution in [1.29, 1.82) is 0 Å². The van der Waals surface area contributed by atoms with Gasteiger partial charge < -0.3 is 13.7 Å². The highest BCUT2D eigenvalue weighted by Crippen LogP contribution is 2.49. The fourth-order valence-electron chi connectivity index (χ4n) is 12.0. The maximum Gasteiger partial charge on any atom is 0.310 e. The summed E-state index contributed by atoms with van der Waals surface area (Å²) in [6, 6.07) is 55.7. The Morgan fingerprint density at radius 1 is 0.326 bits per heavy atom. The van der Waals surface area contributed by atoms with Crippen molar-refractivity contribution in [3.63, 3.8) is 0 Å². The molecule has 0 fully saturated rings. The highest BCUT2D eigenvalue weighted by molar-refractivity contribution is 7.39. The van der Waals surface area contributed by atoms with E-state index in [9.17, 15) is 0 Å². The third kappa shape index (κ3) is 15.9. The molecule has 5 heteroatoms. The molecule has 0 radical (unpaired) electrons. The number of nitrogens with one attached hydrogen (secondary N) is 1. The zero-order valence-electron chi connectivity index (χ0n) is 60.4. The number of fused-ring (bicyclic) bond motifs is 7. The molecule has 0 spiro atoms. The summed E-state index contributed by atoms with van der Waals surface area (Å²) >= 11 is 0. The van der Waals surface area contributed by atoms with Crippen LogP contribution in [0.2, 0.25) is 0 Å². The largest absolute Gasteiger partial charge is 0.408 e. The van der Waals surface area contributed by atoms with Gasteiger partial charge in [-0.3, -0.25) is 0 Å². The van der Waals surface area contributed by atoms with Gasteiger partial charge in [-0.2, -0.15) is 4.67 Å². The third-order valence-electron chi connectivity index (χ3n) is 17.9. The molecule has 89 heavy (non-hydrogen) atoms. The second-order valence-corrected chi connectivity index (χ2v) is 36.0. The standard InChI is InChI=1S/C52H62NO2P.C32H51N/c1-33(2)53(56-54-44-25-23-34-19-15-17-21-42(34)46(44)47-43-22-18-16-20-35(43)24-26-45(47)55-56)48(36-27-38(49(3,4)5)31-39(28-36)50(6,7)8)37-29-40(51(9,10)11)32-41(30-37)52(12,13)14;1-21(2)33-28(22-15-24(29(3,4)5)19-25(16-22)30(6,7)8)23-17-26(31(9,10)11)20-27(18-23)32(12,13)14/h15-33,48H,1-14H3;15-21,28,33H,1-14H3. The van der Waals surface area contributed by atoms with Crippen LogP contribution in [0.4, 0.5) is 0 Å². The van der Waals surface area contributed by atoms with Crippen LogP contribution in [-0.2, 0) is 43.3 Å². The minimum Gasteiger partial charge on any atom is -0.408 e. The van der Waals surface area contributed by atoms with Crippen LogP contribution >= 0.6 is 8.16 Å². The zero-order chi connectivity index (χ0) is 66.1. The van der Waals surface area contributed by atoms with Crippen molar-refractivity contribution >= 4 is 51.6 Å². The Labute approximate surface area is 540 Å². The van der Waals surface area contributed by atoms with Crippen LogP contribution in [0.1, 0.15) is 273 Å². The summed E-state index contributed by atoms with van der Waals surface area (Å²) in [5, 5.41) is 10.8. The SMILES string of the molecule is CC(C)N(C(c1cc(C(C)(C)C)cc(C(C)(C)C)c1)c1cc(C(C)(C)C)cc(C(C)(C)C)c1)p1oc2ccc3ccccc3c2c2c(ccc3ccccc32)o1.CC(C)NC(c1cc(C(C)(C)C)cc(C(C)(C)C)c1)c1cc(C(C)(C)C)cc(C(C)(C)C)c1. The van der Waals surface area contributed by atoms with Gasteiger partial charge in [-0.1, -0.05) is 300 Å². The van der Waals surface area contributed by atoms with Crippen molar-refractivity contribution in [1.82, 2.24) is 5.32 Å². The monoisotopic (exact) mass is 1210 g/mol. The Morgan fingerprint density at radius 3 is 0.831 bits per heavy atom. The second-order valence-electron chi connectivity index (χ2n) is 34.7. The number of nitrogens with zero attached hydrogens (tertiary/aromatic N) is 1. The molecule has 0 bridgehead atoms. The first-order chi connectivity index (χ1) is 40.8. The van der Waals surface area contributed by atoms with Gasteiger partial charge in [0.1, 0.15) is 11.2 Å². The Morgan fingerprint density at radius 2 is 0.584 bits per heavy atom. The first-order valence-electron chi connectivity index (χ1n) is 33.2. The average Bonchev–Trinajstić information content (AvgIpc) is 1.95. The van der Waals surface area contributed by atoms with Crippen LogP contribution in [0.25, 0.3) is 43.5 Å². The summed E-state index contributed by atoms with van der Waals surface area (Å²) in [4.78, 5) is 0. The van der Waals surface area contributed by atoms with E-state index in [4.69, 9.17) is 8.39 Å². The quantitative estimate of drug-likeness (QED) is 0.156.